The van der Waals surface area contributed by atoms with Gasteiger partial charge in [0, 0.05) is 38.5 Å². The Morgan fingerprint density at radius 1 is 0.977 bits per heavy atom. The molecule has 0 aliphatic carbocycles. The monoisotopic (exact) mass is 643 g/mol. The van der Waals surface area contributed by atoms with E-state index in [9.17, 15) is 21.9 Å². The third-order valence-electron chi connectivity index (χ3n) is 8.30. The molecule has 2 saturated heterocycles. The Hall–Kier alpha value is -2.84. The van der Waals surface area contributed by atoms with Crippen molar-refractivity contribution in [2.75, 3.05) is 46.2 Å². The number of aliphatic hydroxyl groups excluding tert-OH is 1. The van der Waals surface area contributed by atoms with Crippen molar-refractivity contribution in [3.63, 3.8) is 0 Å². The summed E-state index contributed by atoms with van der Waals surface area (Å²) >= 11 is 0. The molecule has 0 saturated carbocycles. The maximum absolute atomic E-state index is 13.6. The summed E-state index contributed by atoms with van der Waals surface area (Å²) in [7, 11) is -5.11. The van der Waals surface area contributed by atoms with E-state index in [4.69, 9.17) is 9.47 Å². The van der Waals surface area contributed by atoms with E-state index in [0.29, 0.717) is 38.3 Å². The van der Waals surface area contributed by atoms with Crippen molar-refractivity contribution in [3.8, 4) is 16.9 Å². The fourth-order valence-corrected chi connectivity index (χ4v) is 7.95. The van der Waals surface area contributed by atoms with Crippen molar-refractivity contribution >= 4 is 19.9 Å². The van der Waals surface area contributed by atoms with Crippen LogP contribution in [0.5, 0.6) is 5.75 Å². The third kappa shape index (κ3) is 7.86. The van der Waals surface area contributed by atoms with Crippen LogP contribution in [0.15, 0.2) is 82.6 Å². The van der Waals surface area contributed by atoms with E-state index >= 15 is 0 Å². The summed E-state index contributed by atoms with van der Waals surface area (Å²) in [5, 5.41) is 16.9. The van der Waals surface area contributed by atoms with Crippen molar-refractivity contribution in [3.05, 3.63) is 78.4 Å². The molecule has 5 rings (SSSR count). The second kappa shape index (κ2) is 13.7. The van der Waals surface area contributed by atoms with Gasteiger partial charge in [-0.3, -0.25) is 0 Å². The van der Waals surface area contributed by atoms with Crippen LogP contribution in [0.2, 0.25) is 0 Å². The summed E-state index contributed by atoms with van der Waals surface area (Å²) in [4.78, 5) is 0.450. The number of hydrogen-bond acceptors (Lipinski definition) is 9. The van der Waals surface area contributed by atoms with E-state index in [0.717, 1.165) is 35.9 Å². The van der Waals surface area contributed by atoms with Gasteiger partial charge >= 0.3 is 0 Å². The van der Waals surface area contributed by atoms with Crippen molar-refractivity contribution in [2.45, 2.75) is 53.3 Å². The van der Waals surface area contributed by atoms with Crippen LogP contribution in [0.1, 0.15) is 24.8 Å². The van der Waals surface area contributed by atoms with Crippen LogP contribution in [0, 0.1) is 0 Å². The Balaban J connectivity index is 1.11. The number of sulfone groups is 1. The second-order valence-electron chi connectivity index (χ2n) is 11.7. The lowest BCUT2D eigenvalue weighted by Crippen LogP contribution is -2.47. The predicted octanol–water partition coefficient (Wildman–Crippen LogP) is 2.82. The highest BCUT2D eigenvalue weighted by Gasteiger charge is 2.44. The average Bonchev–Trinajstić information content (AvgIpc) is 3.41. The van der Waals surface area contributed by atoms with Crippen LogP contribution in [-0.2, 0) is 31.1 Å². The number of sulfonamides is 1. The highest BCUT2D eigenvalue weighted by Crippen LogP contribution is 2.37. The first-order chi connectivity index (χ1) is 21.0. The van der Waals surface area contributed by atoms with Gasteiger partial charge in [0.05, 0.1) is 22.0 Å². The molecule has 0 radical (unpaired) electrons. The summed E-state index contributed by atoms with van der Waals surface area (Å²) in [6.45, 7) is 2.29. The highest BCUT2D eigenvalue weighted by atomic mass is 32.2. The Labute approximate surface area is 260 Å². The van der Waals surface area contributed by atoms with Gasteiger partial charge in [-0.25, -0.2) is 16.8 Å². The van der Waals surface area contributed by atoms with Crippen LogP contribution in [0.25, 0.3) is 11.1 Å². The molecule has 2 fully saturated rings. The van der Waals surface area contributed by atoms with Gasteiger partial charge in [0.1, 0.15) is 18.5 Å². The molecule has 2 atom stereocenters. The molecule has 44 heavy (non-hydrogen) atoms. The van der Waals surface area contributed by atoms with Gasteiger partial charge in [-0.2, -0.15) is 4.31 Å². The minimum Gasteiger partial charge on any atom is -0.491 e. The zero-order chi connectivity index (χ0) is 31.4. The maximum Gasteiger partial charge on any atom is 0.243 e. The summed E-state index contributed by atoms with van der Waals surface area (Å²) in [6, 6.07) is 21.4. The molecular weight excluding hydrogens is 603 g/mol. The van der Waals surface area contributed by atoms with Crippen LogP contribution >= 0.6 is 0 Å². The fourth-order valence-electron chi connectivity index (χ4n) is 5.81. The third-order valence-corrected chi connectivity index (χ3v) is 11.3. The van der Waals surface area contributed by atoms with Crippen molar-refractivity contribution in [1.29, 1.82) is 0 Å². The summed E-state index contributed by atoms with van der Waals surface area (Å²) in [5.41, 5.74) is 2.59. The Morgan fingerprint density at radius 3 is 2.39 bits per heavy atom. The normalized spacial score (nSPS) is 19.7. The second-order valence-corrected chi connectivity index (χ2v) is 15.6. The standard InChI is InChI=1S/C32H41N3O7S2/c1-33-20-24-9-11-25(12-10-24)26-5-3-8-31(17-26)44(39,40)35-15-13-32(14-16-35)19-27(22-42-32)34-21-28(36)23-41-29-6-4-7-30(18-29)43(2,37)38/h3-12,17-18,27-28,33-34,36H,13-16,19-23H2,1-2H3/t27?,28-/m0/s1. The average molecular weight is 644 g/mol. The smallest absolute Gasteiger partial charge is 0.243 e. The number of piperidine rings is 1. The number of ether oxygens (including phenoxy) is 2. The van der Waals surface area contributed by atoms with Gasteiger partial charge in [0.2, 0.25) is 10.0 Å². The van der Waals surface area contributed by atoms with Crippen molar-refractivity contribution in [1.82, 2.24) is 14.9 Å². The molecule has 2 aliphatic rings. The molecule has 1 spiro atoms. The fraction of sp³-hybridized carbons (Fsp3) is 0.438. The van der Waals surface area contributed by atoms with Crippen molar-refractivity contribution < 1.29 is 31.4 Å². The summed E-state index contributed by atoms with van der Waals surface area (Å²) < 4.78 is 64.0. The molecule has 1 unspecified atom stereocenters. The summed E-state index contributed by atoms with van der Waals surface area (Å²) in [6.07, 6.45) is 2.25. The number of nitrogens with zero attached hydrogens (tertiary/aromatic N) is 1. The van der Waals surface area contributed by atoms with Gasteiger partial charge in [0.15, 0.2) is 9.84 Å². The maximum atomic E-state index is 13.6. The van der Waals surface area contributed by atoms with E-state index in [1.165, 1.54) is 12.1 Å². The highest BCUT2D eigenvalue weighted by molar-refractivity contribution is 7.90. The number of hydrogen-bond donors (Lipinski definition) is 3. The van der Waals surface area contributed by atoms with Crippen molar-refractivity contribution in [2.24, 2.45) is 0 Å². The molecule has 0 bridgehead atoms. The molecule has 0 aromatic heterocycles. The van der Waals surface area contributed by atoms with Gasteiger partial charge < -0.3 is 25.2 Å². The Kier molecular flexibility index (Phi) is 10.1. The molecule has 238 valence electrons. The summed E-state index contributed by atoms with van der Waals surface area (Å²) in [5.74, 6) is 0.377. The lowest BCUT2D eigenvalue weighted by molar-refractivity contribution is -0.0312. The number of benzene rings is 3. The van der Waals surface area contributed by atoms with E-state index in [-0.39, 0.29) is 29.0 Å². The molecule has 2 aliphatic heterocycles. The van der Waals surface area contributed by atoms with Crippen LogP contribution in [0.4, 0.5) is 0 Å². The quantitative estimate of drug-likeness (QED) is 0.272. The minimum atomic E-state index is -3.66. The Bertz CT molecular complexity index is 1640. The number of nitrogens with one attached hydrogen (secondary N) is 2. The van der Waals surface area contributed by atoms with Gasteiger partial charge in [0.25, 0.3) is 0 Å². The molecule has 3 N–H and O–H groups in total. The number of aliphatic hydroxyl groups is 1. The zero-order valence-electron chi connectivity index (χ0n) is 25.1. The molecule has 3 aromatic carbocycles. The Morgan fingerprint density at radius 2 is 1.68 bits per heavy atom. The van der Waals surface area contributed by atoms with Crippen LogP contribution < -0.4 is 15.4 Å². The van der Waals surface area contributed by atoms with E-state index in [1.54, 1.807) is 34.6 Å². The van der Waals surface area contributed by atoms with Crippen LogP contribution in [0.3, 0.4) is 0 Å². The lowest BCUT2D eigenvalue weighted by atomic mass is 9.88. The first-order valence-corrected chi connectivity index (χ1v) is 18.1. The minimum absolute atomic E-state index is 0.00853. The SMILES string of the molecule is CNCc1ccc(-c2cccc(S(=O)(=O)N3CCC4(CC3)CC(NC[C@H](O)COc3cccc(S(C)(=O)=O)c3)CO4)c2)cc1. The van der Waals surface area contributed by atoms with Gasteiger partial charge in [-0.1, -0.05) is 42.5 Å². The molecule has 12 heteroatoms. The predicted molar refractivity (Wildman–Crippen MR) is 169 cm³/mol. The topological polar surface area (TPSA) is 134 Å². The van der Waals surface area contributed by atoms with Crippen LogP contribution in [-0.4, -0.2) is 90.1 Å². The molecule has 2 heterocycles. The first-order valence-electron chi connectivity index (χ1n) is 14.8. The molecule has 0 amide bonds. The number of rotatable bonds is 12. The van der Waals surface area contributed by atoms with Gasteiger partial charge in [-0.15, -0.1) is 0 Å². The molecular formula is C32H41N3O7S2. The first kappa shape index (κ1) is 32.6. The largest absolute Gasteiger partial charge is 0.491 e. The van der Waals surface area contributed by atoms with E-state index in [1.807, 2.05) is 37.4 Å². The van der Waals surface area contributed by atoms with E-state index < -0.39 is 31.6 Å². The lowest BCUT2D eigenvalue weighted by Gasteiger charge is -2.38. The zero-order valence-corrected chi connectivity index (χ0v) is 26.7. The van der Waals surface area contributed by atoms with E-state index in [2.05, 4.69) is 10.6 Å². The molecule has 3 aromatic rings. The molecule has 10 nitrogen and oxygen atoms in total. The van der Waals surface area contributed by atoms with Gasteiger partial charge in [-0.05, 0) is 73.3 Å².